The minimum Gasteiger partial charge on any atom is -0.348 e. The Morgan fingerprint density at radius 3 is 2.37 bits per heavy atom. The third-order valence-electron chi connectivity index (χ3n) is 5.23. The number of hydrogen-bond acceptors (Lipinski definition) is 3. The van der Waals surface area contributed by atoms with E-state index in [0.29, 0.717) is 13.2 Å². The molecule has 0 aliphatic carbocycles. The van der Waals surface area contributed by atoms with Crippen LogP contribution in [0.1, 0.15) is 97.8 Å². The minimum absolute atomic E-state index is 0.0471. The molecule has 1 fully saturated rings. The minimum atomic E-state index is -0.426. The Hall–Kier alpha value is -0.320. The number of amides is 1. The van der Waals surface area contributed by atoms with E-state index in [1.807, 2.05) is 4.90 Å². The summed E-state index contributed by atoms with van der Waals surface area (Å²) in [4.78, 5) is 14.8. The van der Waals surface area contributed by atoms with Crippen LogP contribution in [0.25, 0.3) is 0 Å². The lowest BCUT2D eigenvalue weighted by molar-refractivity contribution is -0.138. The number of ether oxygens (including phenoxy) is 2. The second-order valence-corrected chi connectivity index (χ2v) is 8.35. The van der Waals surface area contributed by atoms with E-state index < -0.39 is 5.38 Å². The fourth-order valence-corrected chi connectivity index (χ4v) is 3.77. The number of halogens is 1. The molecule has 1 aliphatic heterocycles. The van der Waals surface area contributed by atoms with Gasteiger partial charge >= 0.3 is 0 Å². The highest BCUT2D eigenvalue weighted by Gasteiger charge is 2.30. The van der Waals surface area contributed by atoms with Crippen molar-refractivity contribution in [1.29, 1.82) is 0 Å². The fourth-order valence-electron chi connectivity index (χ4n) is 3.47. The van der Waals surface area contributed by atoms with Crippen LogP contribution in [0.5, 0.6) is 0 Å². The lowest BCUT2D eigenvalue weighted by Gasteiger charge is -2.27. The molecule has 3 unspecified atom stereocenters. The summed E-state index contributed by atoms with van der Waals surface area (Å²) in [6, 6.07) is 0. The fraction of sp³-hybridized carbons (Fsp3) is 0.955. The van der Waals surface area contributed by atoms with Gasteiger partial charge in [-0.05, 0) is 19.3 Å². The van der Waals surface area contributed by atoms with E-state index in [4.69, 9.17) is 21.1 Å². The topological polar surface area (TPSA) is 38.8 Å². The second kappa shape index (κ2) is 15.6. The van der Waals surface area contributed by atoms with Crippen LogP contribution >= 0.6 is 11.6 Å². The summed E-state index contributed by atoms with van der Waals surface area (Å²) >= 11 is 6.43. The number of unbranched alkanes of at least 4 members (excludes halogenated alkanes) is 7. The van der Waals surface area contributed by atoms with Gasteiger partial charge in [-0.15, -0.1) is 11.6 Å². The Bertz CT molecular complexity index is 381. The van der Waals surface area contributed by atoms with Crippen LogP contribution in [0.15, 0.2) is 0 Å². The van der Waals surface area contributed by atoms with Crippen molar-refractivity contribution in [3.63, 3.8) is 0 Å². The first-order valence-electron chi connectivity index (χ1n) is 11.3. The Morgan fingerprint density at radius 1 is 1.00 bits per heavy atom. The molecule has 1 aliphatic rings. The van der Waals surface area contributed by atoms with Crippen molar-refractivity contribution in [1.82, 2.24) is 4.90 Å². The SMILES string of the molecule is CCCCCCN(CC1OCC(CCCCC)O1)C(=O)C(Cl)CCCCC. The molecule has 4 nitrogen and oxygen atoms in total. The van der Waals surface area contributed by atoms with Gasteiger partial charge in [0.15, 0.2) is 6.29 Å². The lowest BCUT2D eigenvalue weighted by atomic mass is 10.1. The van der Waals surface area contributed by atoms with Gasteiger partial charge in [0, 0.05) is 6.54 Å². The molecular weight excluding hydrogens is 362 g/mol. The van der Waals surface area contributed by atoms with Crippen molar-refractivity contribution in [3.05, 3.63) is 0 Å². The number of carbonyl (C=O) groups is 1. The van der Waals surface area contributed by atoms with Crippen molar-refractivity contribution in [2.45, 2.75) is 116 Å². The van der Waals surface area contributed by atoms with Crippen LogP contribution in [0, 0.1) is 0 Å². The van der Waals surface area contributed by atoms with Crippen LogP contribution in [0.2, 0.25) is 0 Å². The van der Waals surface area contributed by atoms with E-state index in [2.05, 4.69) is 20.8 Å². The Balaban J connectivity index is 2.49. The predicted octanol–water partition coefficient (Wildman–Crippen LogP) is 5.90. The molecular formula is C22H42ClNO3. The first-order valence-corrected chi connectivity index (χ1v) is 11.8. The van der Waals surface area contributed by atoms with Crippen LogP contribution in [0.3, 0.4) is 0 Å². The number of rotatable bonds is 16. The number of nitrogens with zero attached hydrogens (tertiary/aromatic N) is 1. The second-order valence-electron chi connectivity index (χ2n) is 7.82. The van der Waals surface area contributed by atoms with Gasteiger partial charge in [0.25, 0.3) is 0 Å². The Morgan fingerprint density at radius 2 is 1.67 bits per heavy atom. The Kier molecular flexibility index (Phi) is 14.3. The van der Waals surface area contributed by atoms with Gasteiger partial charge in [-0.1, -0.05) is 78.6 Å². The van der Waals surface area contributed by atoms with Crippen molar-refractivity contribution >= 4 is 17.5 Å². The molecule has 0 bridgehead atoms. The normalized spacial score (nSPS) is 20.7. The molecule has 1 saturated heterocycles. The summed E-state index contributed by atoms with van der Waals surface area (Å²) in [6.07, 6.45) is 13.1. The molecule has 160 valence electrons. The van der Waals surface area contributed by atoms with Gasteiger partial charge in [-0.2, -0.15) is 0 Å². The molecule has 0 aromatic carbocycles. The quantitative estimate of drug-likeness (QED) is 0.237. The highest BCUT2D eigenvalue weighted by molar-refractivity contribution is 6.30. The van der Waals surface area contributed by atoms with E-state index in [0.717, 1.165) is 51.5 Å². The molecule has 0 spiro atoms. The molecule has 0 saturated carbocycles. The highest BCUT2D eigenvalue weighted by atomic mass is 35.5. The van der Waals surface area contributed by atoms with Crippen molar-refractivity contribution in [3.8, 4) is 0 Å². The molecule has 1 rings (SSSR count). The standard InChI is InChI=1S/C22H42ClNO3/c1-4-7-10-13-16-24(22(25)20(23)15-12-9-6-3)17-21-26-18-19(27-21)14-11-8-5-2/h19-21H,4-18H2,1-3H3. The zero-order valence-corrected chi connectivity index (χ0v) is 18.6. The van der Waals surface area contributed by atoms with Crippen LogP contribution < -0.4 is 0 Å². The molecule has 0 aromatic rings. The Labute approximate surface area is 172 Å². The molecule has 27 heavy (non-hydrogen) atoms. The molecule has 1 heterocycles. The maximum Gasteiger partial charge on any atom is 0.240 e. The number of alkyl halides is 1. The zero-order valence-electron chi connectivity index (χ0n) is 17.9. The monoisotopic (exact) mass is 403 g/mol. The van der Waals surface area contributed by atoms with E-state index >= 15 is 0 Å². The lowest BCUT2D eigenvalue weighted by Crippen LogP contribution is -2.42. The first-order chi connectivity index (χ1) is 13.1. The zero-order chi connectivity index (χ0) is 19.9. The van der Waals surface area contributed by atoms with Gasteiger partial charge in [-0.3, -0.25) is 4.79 Å². The van der Waals surface area contributed by atoms with E-state index in [1.165, 1.54) is 32.1 Å². The molecule has 5 heteroatoms. The molecule has 0 N–H and O–H groups in total. The third kappa shape index (κ3) is 10.7. The smallest absolute Gasteiger partial charge is 0.240 e. The average Bonchev–Trinajstić information content (AvgIpc) is 3.11. The van der Waals surface area contributed by atoms with Crippen LogP contribution in [-0.4, -0.2) is 48.3 Å². The summed E-state index contributed by atoms with van der Waals surface area (Å²) in [5, 5.41) is -0.426. The van der Waals surface area contributed by atoms with Crippen molar-refractivity contribution in [2.24, 2.45) is 0 Å². The third-order valence-corrected chi connectivity index (χ3v) is 5.64. The van der Waals surface area contributed by atoms with E-state index in [-0.39, 0.29) is 18.3 Å². The largest absolute Gasteiger partial charge is 0.348 e. The number of hydrogen-bond donors (Lipinski definition) is 0. The first kappa shape index (κ1) is 24.7. The summed E-state index contributed by atoms with van der Waals surface area (Å²) in [5.74, 6) is 0.0471. The highest BCUT2D eigenvalue weighted by Crippen LogP contribution is 2.20. The predicted molar refractivity (Wildman–Crippen MR) is 113 cm³/mol. The maximum atomic E-state index is 12.9. The summed E-state index contributed by atoms with van der Waals surface area (Å²) in [6.45, 7) is 8.47. The summed E-state index contributed by atoms with van der Waals surface area (Å²) in [7, 11) is 0. The molecule has 0 radical (unpaired) electrons. The molecule has 0 aromatic heterocycles. The van der Waals surface area contributed by atoms with E-state index in [1.54, 1.807) is 0 Å². The van der Waals surface area contributed by atoms with Gasteiger partial charge in [0.1, 0.15) is 5.38 Å². The van der Waals surface area contributed by atoms with Gasteiger partial charge in [-0.25, -0.2) is 0 Å². The average molecular weight is 404 g/mol. The van der Waals surface area contributed by atoms with Gasteiger partial charge in [0.2, 0.25) is 5.91 Å². The summed E-state index contributed by atoms with van der Waals surface area (Å²) < 4.78 is 11.9. The van der Waals surface area contributed by atoms with Crippen LogP contribution in [-0.2, 0) is 14.3 Å². The number of carbonyl (C=O) groups excluding carboxylic acids is 1. The van der Waals surface area contributed by atoms with Crippen molar-refractivity contribution < 1.29 is 14.3 Å². The van der Waals surface area contributed by atoms with Gasteiger partial charge < -0.3 is 14.4 Å². The summed E-state index contributed by atoms with van der Waals surface area (Å²) in [5.41, 5.74) is 0. The van der Waals surface area contributed by atoms with Crippen molar-refractivity contribution in [2.75, 3.05) is 19.7 Å². The van der Waals surface area contributed by atoms with Gasteiger partial charge in [0.05, 0.1) is 19.3 Å². The molecule has 1 amide bonds. The maximum absolute atomic E-state index is 12.9. The molecule has 3 atom stereocenters. The van der Waals surface area contributed by atoms with Crippen LogP contribution in [0.4, 0.5) is 0 Å². The van der Waals surface area contributed by atoms with E-state index in [9.17, 15) is 4.79 Å².